The number of aromatic amines is 1. The van der Waals surface area contributed by atoms with Crippen LogP contribution in [0.2, 0.25) is 0 Å². The molecule has 2 aromatic heterocycles. The highest BCUT2D eigenvalue weighted by Gasteiger charge is 2.43. The largest absolute Gasteiger partial charge is 0.462 e. The molecule has 1 N–H and O–H groups in total. The van der Waals surface area contributed by atoms with Gasteiger partial charge in [0, 0.05) is 29.2 Å². The topological polar surface area (TPSA) is 88.2 Å². The van der Waals surface area contributed by atoms with Crippen molar-refractivity contribution in [1.82, 2.24) is 15.2 Å². The van der Waals surface area contributed by atoms with E-state index in [1.807, 2.05) is 43.3 Å². The van der Waals surface area contributed by atoms with Gasteiger partial charge in [0.25, 0.3) is 5.91 Å². The van der Waals surface area contributed by atoms with Gasteiger partial charge in [-0.05, 0) is 49.7 Å². The van der Waals surface area contributed by atoms with Gasteiger partial charge in [-0.3, -0.25) is 19.8 Å². The molecule has 5 rings (SSSR count). The highest BCUT2D eigenvalue weighted by molar-refractivity contribution is 6.11. The third-order valence-electron chi connectivity index (χ3n) is 5.75. The zero-order valence-corrected chi connectivity index (χ0v) is 18.3. The third-order valence-corrected chi connectivity index (χ3v) is 5.75. The van der Waals surface area contributed by atoms with E-state index in [1.165, 1.54) is 0 Å². The number of esters is 1. The van der Waals surface area contributed by atoms with Gasteiger partial charge in [-0.2, -0.15) is 5.10 Å². The maximum atomic E-state index is 13.5. The number of anilines is 1. The Balaban J connectivity index is 1.62. The van der Waals surface area contributed by atoms with Crippen molar-refractivity contribution in [3.8, 4) is 11.3 Å². The highest BCUT2D eigenvalue weighted by atomic mass is 16.5. The van der Waals surface area contributed by atoms with Crippen molar-refractivity contribution >= 4 is 17.6 Å². The number of nitrogens with one attached hydrogen (secondary N) is 1. The van der Waals surface area contributed by atoms with Gasteiger partial charge in [-0.1, -0.05) is 35.9 Å². The minimum absolute atomic E-state index is 0.186. The first-order valence-electron chi connectivity index (χ1n) is 10.7. The summed E-state index contributed by atoms with van der Waals surface area (Å²) in [5.74, 6) is -0.578. The van der Waals surface area contributed by atoms with E-state index in [0.29, 0.717) is 23.6 Å². The lowest BCUT2D eigenvalue weighted by Gasteiger charge is -2.26. The Labute approximate surface area is 191 Å². The van der Waals surface area contributed by atoms with Gasteiger partial charge in [-0.25, -0.2) is 4.79 Å². The Kier molecular flexibility index (Phi) is 5.22. The van der Waals surface area contributed by atoms with E-state index in [2.05, 4.69) is 15.2 Å². The summed E-state index contributed by atoms with van der Waals surface area (Å²) in [4.78, 5) is 31.6. The van der Waals surface area contributed by atoms with Crippen molar-refractivity contribution in [3.05, 3.63) is 101 Å². The van der Waals surface area contributed by atoms with Gasteiger partial charge >= 0.3 is 5.97 Å². The molecule has 7 nitrogen and oxygen atoms in total. The summed E-state index contributed by atoms with van der Waals surface area (Å²) in [5, 5.41) is 7.45. The van der Waals surface area contributed by atoms with E-state index < -0.39 is 12.0 Å². The molecule has 0 fully saturated rings. The van der Waals surface area contributed by atoms with Crippen LogP contribution in [0, 0.1) is 6.92 Å². The Morgan fingerprint density at radius 2 is 1.85 bits per heavy atom. The second kappa shape index (κ2) is 8.35. The van der Waals surface area contributed by atoms with E-state index in [1.54, 1.807) is 48.5 Å². The van der Waals surface area contributed by atoms with E-state index in [4.69, 9.17) is 4.74 Å². The number of fused-ring (bicyclic) bond motifs is 1. The number of amides is 1. The molecule has 1 aliphatic heterocycles. The molecule has 1 atom stereocenters. The lowest BCUT2D eigenvalue weighted by atomic mass is 9.96. The molecule has 0 saturated heterocycles. The Morgan fingerprint density at radius 3 is 2.52 bits per heavy atom. The predicted octanol–water partition coefficient (Wildman–Crippen LogP) is 4.71. The van der Waals surface area contributed by atoms with Crippen LogP contribution in [0.15, 0.2) is 73.1 Å². The first-order valence-corrected chi connectivity index (χ1v) is 10.7. The molecular weight excluding hydrogens is 416 g/mol. The van der Waals surface area contributed by atoms with Crippen molar-refractivity contribution in [3.63, 3.8) is 0 Å². The van der Waals surface area contributed by atoms with Gasteiger partial charge in [0.2, 0.25) is 0 Å². The maximum absolute atomic E-state index is 13.5. The molecule has 0 radical (unpaired) electrons. The number of nitrogens with zero attached hydrogens (tertiary/aromatic N) is 3. The second-order valence-electron chi connectivity index (χ2n) is 7.86. The molecule has 3 heterocycles. The Hall–Kier alpha value is -4.26. The average Bonchev–Trinajstić information content (AvgIpc) is 3.39. The predicted molar refractivity (Wildman–Crippen MR) is 124 cm³/mol. The van der Waals surface area contributed by atoms with E-state index in [9.17, 15) is 9.59 Å². The van der Waals surface area contributed by atoms with E-state index in [0.717, 1.165) is 27.9 Å². The number of ether oxygens (including phenoxy) is 1. The van der Waals surface area contributed by atoms with E-state index >= 15 is 0 Å². The number of carbonyl (C=O) groups excluding carboxylic acids is 2. The molecule has 1 aliphatic rings. The van der Waals surface area contributed by atoms with Gasteiger partial charge in [0.15, 0.2) is 0 Å². The second-order valence-corrected chi connectivity index (χ2v) is 7.86. The average molecular weight is 438 g/mol. The van der Waals surface area contributed by atoms with Crippen molar-refractivity contribution in [2.24, 2.45) is 0 Å². The van der Waals surface area contributed by atoms with Gasteiger partial charge in [0.05, 0.1) is 23.9 Å². The smallest absolute Gasteiger partial charge is 0.338 e. The summed E-state index contributed by atoms with van der Waals surface area (Å²) in [6, 6.07) is 18.3. The number of hydrogen-bond acceptors (Lipinski definition) is 5. The molecule has 33 heavy (non-hydrogen) atoms. The number of rotatable bonds is 5. The monoisotopic (exact) mass is 438 g/mol. The quantitative estimate of drug-likeness (QED) is 0.456. The molecule has 7 heteroatoms. The van der Waals surface area contributed by atoms with Crippen LogP contribution in [0.5, 0.6) is 0 Å². The van der Waals surface area contributed by atoms with Gasteiger partial charge < -0.3 is 4.74 Å². The highest BCUT2D eigenvalue weighted by Crippen LogP contribution is 2.44. The molecule has 164 valence electrons. The van der Waals surface area contributed by atoms with Crippen LogP contribution in [0.25, 0.3) is 11.3 Å². The summed E-state index contributed by atoms with van der Waals surface area (Å²) in [6.07, 6.45) is 3.47. The summed E-state index contributed by atoms with van der Waals surface area (Å²) in [7, 11) is 0. The molecule has 0 saturated carbocycles. The number of hydrogen-bond donors (Lipinski definition) is 1. The summed E-state index contributed by atoms with van der Waals surface area (Å²) < 4.78 is 5.08. The van der Waals surface area contributed by atoms with Crippen LogP contribution in [0.1, 0.15) is 50.5 Å². The van der Waals surface area contributed by atoms with Crippen LogP contribution in [-0.4, -0.2) is 33.7 Å². The first-order chi connectivity index (χ1) is 16.1. The fraction of sp³-hybridized carbons (Fsp3) is 0.154. The summed E-state index contributed by atoms with van der Waals surface area (Å²) in [5.41, 5.74) is 6.05. The zero-order chi connectivity index (χ0) is 22.9. The third kappa shape index (κ3) is 3.57. The lowest BCUT2D eigenvalue weighted by Crippen LogP contribution is -2.29. The molecule has 0 spiro atoms. The number of benzene rings is 2. The SMILES string of the molecule is CCOC(=O)c1ccc(N2C(=O)c3[nH]nc(-c4ccc(C)cc4)c3C2c2cccnc2)cc1. The minimum atomic E-state index is -0.412. The molecule has 0 bridgehead atoms. The van der Waals surface area contributed by atoms with Crippen LogP contribution >= 0.6 is 0 Å². The van der Waals surface area contributed by atoms with Gasteiger partial charge in [0.1, 0.15) is 5.69 Å². The number of aryl methyl sites for hydroxylation is 1. The maximum Gasteiger partial charge on any atom is 0.338 e. The lowest BCUT2D eigenvalue weighted by molar-refractivity contribution is 0.0526. The van der Waals surface area contributed by atoms with Crippen molar-refractivity contribution in [2.75, 3.05) is 11.5 Å². The van der Waals surface area contributed by atoms with Crippen LogP contribution in [-0.2, 0) is 4.74 Å². The molecule has 2 aromatic carbocycles. The van der Waals surface area contributed by atoms with Crippen LogP contribution < -0.4 is 4.90 Å². The fourth-order valence-corrected chi connectivity index (χ4v) is 4.17. The normalized spacial score (nSPS) is 14.9. The standard InChI is InChI=1S/C26H22N4O3/c1-3-33-26(32)18-10-12-20(13-11-18)30-24(19-5-4-14-27-15-19)21-22(28-29-23(21)25(30)31)17-8-6-16(2)7-9-17/h4-15,24H,3H2,1-2H3,(H,28,29). The summed E-state index contributed by atoms with van der Waals surface area (Å²) >= 11 is 0. The van der Waals surface area contributed by atoms with Crippen molar-refractivity contribution in [2.45, 2.75) is 19.9 Å². The summed E-state index contributed by atoms with van der Waals surface area (Å²) in [6.45, 7) is 4.10. The molecule has 0 aliphatic carbocycles. The molecule has 1 amide bonds. The van der Waals surface area contributed by atoms with Crippen LogP contribution in [0.4, 0.5) is 5.69 Å². The number of H-pyrrole nitrogens is 1. The van der Waals surface area contributed by atoms with Gasteiger partial charge in [-0.15, -0.1) is 0 Å². The van der Waals surface area contributed by atoms with Crippen molar-refractivity contribution < 1.29 is 14.3 Å². The van der Waals surface area contributed by atoms with Crippen LogP contribution in [0.3, 0.4) is 0 Å². The molecular formula is C26H22N4O3. The Bertz CT molecular complexity index is 1310. The Morgan fingerprint density at radius 1 is 1.09 bits per heavy atom. The number of pyridine rings is 1. The van der Waals surface area contributed by atoms with E-state index in [-0.39, 0.29) is 5.91 Å². The zero-order valence-electron chi connectivity index (χ0n) is 18.3. The first kappa shape index (κ1) is 20.6. The minimum Gasteiger partial charge on any atom is -0.462 e. The van der Waals surface area contributed by atoms with Crippen molar-refractivity contribution in [1.29, 1.82) is 0 Å². The number of carbonyl (C=O) groups is 2. The molecule has 4 aromatic rings. The number of aromatic nitrogens is 3. The molecule has 1 unspecified atom stereocenters. The fourth-order valence-electron chi connectivity index (χ4n) is 4.17.